The van der Waals surface area contributed by atoms with Crippen LogP contribution in [0, 0.1) is 11.3 Å². The number of carbonyl (C=O) groups excluding carboxylic acids is 1. The van der Waals surface area contributed by atoms with E-state index in [0.29, 0.717) is 22.8 Å². The average molecular weight is 454 g/mol. The van der Waals surface area contributed by atoms with Gasteiger partial charge >= 0.3 is 5.97 Å². The minimum absolute atomic E-state index is 0.0312. The van der Waals surface area contributed by atoms with Crippen LogP contribution in [0.15, 0.2) is 78.2 Å². The van der Waals surface area contributed by atoms with Gasteiger partial charge in [0.1, 0.15) is 29.7 Å². The molecular formula is C27H22N2O5. The molecule has 3 aromatic rings. The van der Waals surface area contributed by atoms with Crippen LogP contribution in [0.1, 0.15) is 29.5 Å². The Labute approximate surface area is 196 Å². The Morgan fingerprint density at radius 2 is 1.85 bits per heavy atom. The van der Waals surface area contributed by atoms with Gasteiger partial charge in [0.15, 0.2) is 11.5 Å². The van der Waals surface area contributed by atoms with Crippen LogP contribution in [0.3, 0.4) is 0 Å². The Morgan fingerprint density at radius 3 is 2.59 bits per heavy atom. The van der Waals surface area contributed by atoms with E-state index in [2.05, 4.69) is 13.0 Å². The first-order chi connectivity index (χ1) is 16.6. The lowest BCUT2D eigenvalue weighted by molar-refractivity contribution is -0.144. The summed E-state index contributed by atoms with van der Waals surface area (Å²) in [6.45, 7) is 2.14. The smallest absolute Gasteiger partial charge is 0.356 e. The Balaban J connectivity index is 1.40. The molecule has 2 unspecified atom stereocenters. The average Bonchev–Trinajstić information content (AvgIpc) is 2.87. The number of esters is 1. The zero-order valence-corrected chi connectivity index (χ0v) is 18.5. The molecular weight excluding hydrogens is 432 g/mol. The lowest BCUT2D eigenvalue weighted by Crippen LogP contribution is -2.39. The molecule has 3 aromatic carbocycles. The molecule has 5 rings (SSSR count). The minimum Gasteiger partial charge on any atom is -0.485 e. The lowest BCUT2D eigenvalue weighted by Gasteiger charge is -2.27. The number of ether oxygens (including phenoxy) is 4. The number of nitrogens with two attached hydrogens (primary N) is 1. The second kappa shape index (κ2) is 8.83. The molecule has 2 N–H and O–H groups in total. The van der Waals surface area contributed by atoms with Crippen LogP contribution in [0.4, 0.5) is 0 Å². The fourth-order valence-corrected chi connectivity index (χ4v) is 4.11. The van der Waals surface area contributed by atoms with E-state index in [1.807, 2.05) is 30.3 Å². The van der Waals surface area contributed by atoms with Crippen molar-refractivity contribution in [1.29, 1.82) is 5.26 Å². The van der Waals surface area contributed by atoms with E-state index in [4.69, 9.17) is 24.7 Å². The van der Waals surface area contributed by atoms with Crippen molar-refractivity contribution in [2.24, 2.45) is 5.73 Å². The highest BCUT2D eigenvalue weighted by Crippen LogP contribution is 2.43. The third kappa shape index (κ3) is 3.90. The molecule has 2 atom stereocenters. The number of allylic oxidation sites excluding steroid dienone is 1. The van der Waals surface area contributed by atoms with Crippen LogP contribution in [-0.4, -0.2) is 18.7 Å². The van der Waals surface area contributed by atoms with Crippen LogP contribution in [0.5, 0.6) is 23.0 Å². The molecule has 0 aromatic heterocycles. The van der Waals surface area contributed by atoms with Gasteiger partial charge < -0.3 is 24.7 Å². The van der Waals surface area contributed by atoms with E-state index in [1.54, 1.807) is 36.4 Å². The predicted octanol–water partition coefficient (Wildman–Crippen LogP) is 4.21. The monoisotopic (exact) mass is 454 g/mol. The molecule has 170 valence electrons. The predicted molar refractivity (Wildman–Crippen MR) is 124 cm³/mol. The van der Waals surface area contributed by atoms with Gasteiger partial charge in [-0.15, -0.1) is 0 Å². The third-order valence-corrected chi connectivity index (χ3v) is 5.90. The van der Waals surface area contributed by atoms with Crippen molar-refractivity contribution >= 4 is 5.97 Å². The molecule has 0 saturated carbocycles. The summed E-state index contributed by atoms with van der Waals surface area (Å²) in [6.07, 6.45) is 0.0240. The van der Waals surface area contributed by atoms with Crippen LogP contribution in [-0.2, 0) is 11.2 Å². The standard InChI is InChI=1S/C27H22N2O5/c1-2-16-7-9-17(10-8-16)25-19-12-11-18(13-23(19)34-26(29)20(25)14-28)32-27(30)24-15-31-21-5-3-4-6-22(21)33-24/h3-13,24-25H,2,15,29H2,1H3. The topological polar surface area (TPSA) is 104 Å². The summed E-state index contributed by atoms with van der Waals surface area (Å²) in [6, 6.07) is 22.4. The number of para-hydroxylation sites is 2. The van der Waals surface area contributed by atoms with E-state index in [0.717, 1.165) is 17.5 Å². The van der Waals surface area contributed by atoms with E-state index >= 15 is 0 Å². The fraction of sp³-hybridized carbons (Fsp3) is 0.185. The number of benzene rings is 3. The Hall–Kier alpha value is -4.44. The van der Waals surface area contributed by atoms with E-state index < -0.39 is 12.1 Å². The van der Waals surface area contributed by atoms with Crippen molar-refractivity contribution in [3.05, 3.63) is 94.9 Å². The zero-order valence-electron chi connectivity index (χ0n) is 18.5. The molecule has 0 spiro atoms. The van der Waals surface area contributed by atoms with Gasteiger partial charge in [0.05, 0.1) is 5.92 Å². The summed E-state index contributed by atoms with van der Waals surface area (Å²) in [4.78, 5) is 12.7. The van der Waals surface area contributed by atoms with Gasteiger partial charge in [0, 0.05) is 11.6 Å². The van der Waals surface area contributed by atoms with E-state index in [1.165, 1.54) is 5.56 Å². The SMILES string of the molecule is CCc1ccc(C2C(C#N)=C(N)Oc3cc(OC(=O)C4COc5ccccc5O4)ccc32)cc1. The van der Waals surface area contributed by atoms with E-state index in [9.17, 15) is 10.1 Å². The molecule has 0 bridgehead atoms. The minimum atomic E-state index is -0.896. The van der Waals surface area contributed by atoms with Gasteiger partial charge in [0.25, 0.3) is 0 Å². The maximum atomic E-state index is 12.7. The van der Waals surface area contributed by atoms with Crippen LogP contribution < -0.4 is 24.7 Å². The molecule has 0 fully saturated rings. The fourth-order valence-electron chi connectivity index (χ4n) is 4.11. The molecule has 0 aliphatic carbocycles. The maximum Gasteiger partial charge on any atom is 0.356 e. The van der Waals surface area contributed by atoms with E-state index in [-0.39, 0.29) is 24.2 Å². The third-order valence-electron chi connectivity index (χ3n) is 5.90. The second-order valence-corrected chi connectivity index (χ2v) is 8.00. The van der Waals surface area contributed by atoms with Crippen LogP contribution >= 0.6 is 0 Å². The highest BCUT2D eigenvalue weighted by Gasteiger charge is 2.32. The van der Waals surface area contributed by atoms with Crippen molar-refractivity contribution < 1.29 is 23.7 Å². The molecule has 34 heavy (non-hydrogen) atoms. The van der Waals surface area contributed by atoms with Gasteiger partial charge in [-0.2, -0.15) is 5.26 Å². The van der Waals surface area contributed by atoms with Crippen molar-refractivity contribution in [3.8, 4) is 29.1 Å². The number of hydrogen-bond donors (Lipinski definition) is 1. The Kier molecular flexibility index (Phi) is 5.56. The largest absolute Gasteiger partial charge is 0.485 e. The number of hydrogen-bond acceptors (Lipinski definition) is 7. The lowest BCUT2D eigenvalue weighted by atomic mass is 9.83. The van der Waals surface area contributed by atoms with Crippen LogP contribution in [0.2, 0.25) is 0 Å². The van der Waals surface area contributed by atoms with Gasteiger partial charge in [-0.05, 0) is 35.7 Å². The summed E-state index contributed by atoms with van der Waals surface area (Å²) >= 11 is 0. The van der Waals surface area contributed by atoms with Gasteiger partial charge in [-0.3, -0.25) is 0 Å². The highest BCUT2D eigenvalue weighted by molar-refractivity contribution is 5.78. The first kappa shape index (κ1) is 21.4. The number of carbonyl (C=O) groups is 1. The number of nitrogens with zero attached hydrogens (tertiary/aromatic N) is 1. The molecule has 7 nitrogen and oxygen atoms in total. The summed E-state index contributed by atoms with van der Waals surface area (Å²) in [5.41, 5.74) is 9.33. The van der Waals surface area contributed by atoms with Crippen molar-refractivity contribution in [2.75, 3.05) is 6.61 Å². The summed E-state index contributed by atoms with van der Waals surface area (Å²) in [5.74, 6) is 0.848. The second-order valence-electron chi connectivity index (χ2n) is 8.00. The quantitative estimate of drug-likeness (QED) is 0.465. The van der Waals surface area contributed by atoms with Crippen molar-refractivity contribution in [3.63, 3.8) is 0 Å². The number of nitriles is 1. The van der Waals surface area contributed by atoms with Crippen molar-refractivity contribution in [2.45, 2.75) is 25.4 Å². The molecule has 7 heteroatoms. The highest BCUT2D eigenvalue weighted by atomic mass is 16.6. The maximum absolute atomic E-state index is 12.7. The first-order valence-corrected chi connectivity index (χ1v) is 11.0. The number of fused-ring (bicyclic) bond motifs is 2. The normalized spacial score (nSPS) is 18.4. The molecule has 2 aliphatic heterocycles. The zero-order chi connectivity index (χ0) is 23.7. The molecule has 0 saturated heterocycles. The Morgan fingerprint density at radius 1 is 1.09 bits per heavy atom. The number of aryl methyl sites for hydroxylation is 1. The van der Waals surface area contributed by atoms with Crippen molar-refractivity contribution in [1.82, 2.24) is 0 Å². The molecule has 2 heterocycles. The summed E-state index contributed by atoms with van der Waals surface area (Å²) < 4.78 is 22.6. The molecule has 2 aliphatic rings. The molecule has 0 radical (unpaired) electrons. The first-order valence-electron chi connectivity index (χ1n) is 11.0. The summed E-state index contributed by atoms with van der Waals surface area (Å²) in [5, 5.41) is 9.74. The van der Waals surface area contributed by atoms with Gasteiger partial charge in [-0.25, -0.2) is 4.79 Å². The summed E-state index contributed by atoms with van der Waals surface area (Å²) in [7, 11) is 0. The van der Waals surface area contributed by atoms with Gasteiger partial charge in [0.2, 0.25) is 12.0 Å². The molecule has 0 amide bonds. The van der Waals surface area contributed by atoms with Crippen LogP contribution in [0.25, 0.3) is 0 Å². The number of rotatable bonds is 4. The Bertz CT molecular complexity index is 1320. The van der Waals surface area contributed by atoms with Gasteiger partial charge in [-0.1, -0.05) is 49.4 Å².